The number of aryl methyl sites for hydroxylation is 4. The highest BCUT2D eigenvalue weighted by Gasteiger charge is 2.65. The number of piperazine rings is 2. The number of phenols is 2. The highest BCUT2D eigenvalue weighted by Crippen LogP contribution is 2.68. The Morgan fingerprint density at radius 3 is 1.63 bits per heavy atom. The Balaban J connectivity index is 0.000000168. The fourth-order valence-corrected chi connectivity index (χ4v) is 24.5. The lowest BCUT2D eigenvalue weighted by molar-refractivity contribution is -0.158. The number of nitriles is 2. The topological polar surface area (TPSA) is 462 Å². The molecule has 10 N–H and O–H groups in total. The molecule has 0 aliphatic carbocycles. The number of carbonyl (C=O) groups excluding carboxylic acids is 7. The first kappa shape index (κ1) is 95.9. The van der Waals surface area contributed by atoms with Crippen molar-refractivity contribution in [3.8, 4) is 69.6 Å². The number of rotatable bonds is 14. The SMILES string of the molecule is C.C=CCOC(=O)NC[C@H](N)Cc1c[nH]c2ccc(C)cc12.C=CCOC(=O)NC[C@H]1Cc2c([nH]c3ccc(C)cc23)[C@@]2(CS[C@@H]3c4c(OC(C)=O)c(C)c5c(c4[C@H](COC2=O)N2[C@@H]3[C@H]3c4c(cc(C)c(OC)c4O)C[C@@H]([C@@H]2C#N)N3C)OCO5)N1.CC(=O)O.COc1c(C)cc2c(c1O)[C@@H]1[C@@H]3[C@@H]4SCC(=O)C(=O)OC[C@@H](c5c6c(c(C)c(OC(C)=O)c54)OCO6)N3[C@@H](C#N)[C@H](C2)N1C. The zero-order chi connectivity index (χ0) is 94.9. The maximum absolute atomic E-state index is 15.4. The molecule has 37 heteroatoms. The number of thioether (sulfide) groups is 2. The van der Waals surface area contributed by atoms with Crippen LogP contribution >= 0.6 is 23.5 Å². The molecule has 12 aliphatic heterocycles. The molecule has 0 unspecified atom stereocenters. The van der Waals surface area contributed by atoms with E-state index in [1.807, 2.05) is 72.3 Å². The number of hydrogen-bond acceptors (Lipinski definition) is 32. The van der Waals surface area contributed by atoms with E-state index in [0.29, 0.717) is 128 Å². The Kier molecular flexibility index (Phi) is 27.7. The molecule has 6 aromatic carbocycles. The summed E-state index contributed by atoms with van der Waals surface area (Å²) in [6.45, 7) is 22.5. The molecule has 708 valence electrons. The van der Waals surface area contributed by atoms with Crippen molar-refractivity contribution < 1.29 is 111 Å². The van der Waals surface area contributed by atoms with Crippen LogP contribution in [0.25, 0.3) is 21.8 Å². The third-order valence-corrected chi connectivity index (χ3v) is 29.5. The van der Waals surface area contributed by atoms with Gasteiger partial charge in [-0.05, 0) is 139 Å². The van der Waals surface area contributed by atoms with E-state index in [0.717, 1.165) is 62.3 Å². The Morgan fingerprint density at radius 2 is 1.13 bits per heavy atom. The van der Waals surface area contributed by atoms with Gasteiger partial charge in [0.25, 0.3) is 5.97 Å². The van der Waals surface area contributed by atoms with Gasteiger partial charge in [-0.25, -0.2) is 19.2 Å². The van der Waals surface area contributed by atoms with Crippen LogP contribution in [0.4, 0.5) is 9.59 Å². The van der Waals surface area contributed by atoms with Gasteiger partial charge in [-0.3, -0.25) is 44.1 Å². The lowest BCUT2D eigenvalue weighted by Crippen LogP contribution is -2.69. The number of benzene rings is 6. The Morgan fingerprint density at radius 1 is 0.649 bits per heavy atom. The summed E-state index contributed by atoms with van der Waals surface area (Å²) in [7, 11) is 6.97. The number of aromatic nitrogens is 2. The van der Waals surface area contributed by atoms with Crippen LogP contribution in [-0.2, 0) is 78.9 Å². The van der Waals surface area contributed by atoms with Gasteiger partial charge < -0.3 is 98.5 Å². The maximum atomic E-state index is 15.4. The first-order valence-corrected chi connectivity index (χ1v) is 45.7. The first-order valence-electron chi connectivity index (χ1n) is 43.6. The highest BCUT2D eigenvalue weighted by atomic mass is 32.2. The minimum Gasteiger partial charge on any atom is -0.504 e. The largest absolute Gasteiger partial charge is 0.504 e. The predicted octanol–water partition coefficient (Wildman–Crippen LogP) is 11.1. The second kappa shape index (κ2) is 38.7. The number of methoxy groups -OCH3 is 2. The molecule has 8 aromatic rings. The van der Waals surface area contributed by atoms with E-state index in [1.165, 1.54) is 74.7 Å². The number of fused-ring (bicyclic) bond motifs is 21. The van der Waals surface area contributed by atoms with E-state index in [9.17, 15) is 49.5 Å². The molecule has 0 radical (unpaired) electrons. The number of H-pyrrole nitrogens is 2. The Bertz CT molecular complexity index is 6200. The number of amides is 2. The van der Waals surface area contributed by atoms with Crippen molar-refractivity contribution in [1.29, 1.82) is 10.5 Å². The lowest BCUT2D eigenvalue weighted by atomic mass is 9.71. The van der Waals surface area contributed by atoms with Crippen LogP contribution in [0.15, 0.2) is 80.0 Å². The molecule has 4 saturated heterocycles. The number of nitrogens with two attached hydrogens (primary N) is 1. The van der Waals surface area contributed by atoms with Gasteiger partial charge in [0.05, 0.1) is 72.5 Å². The normalized spacial score (nSPS) is 24.7. The number of cyclic esters (lactones) is 1. The van der Waals surface area contributed by atoms with Gasteiger partial charge in [0, 0.05) is 148 Å². The third kappa shape index (κ3) is 16.9. The van der Waals surface area contributed by atoms with Gasteiger partial charge in [-0.1, -0.05) is 68.1 Å². The summed E-state index contributed by atoms with van der Waals surface area (Å²) in [6, 6.07) is 15.3. The monoisotopic (exact) mass is 1870 g/mol. The highest BCUT2D eigenvalue weighted by molar-refractivity contribution is 8.00. The zero-order valence-electron chi connectivity index (χ0n) is 75.8. The molecule has 2 aromatic heterocycles. The maximum Gasteiger partial charge on any atom is 0.407 e. The molecule has 1 spiro atoms. The third-order valence-electron chi connectivity index (χ3n) is 26.8. The number of aliphatic carboxylic acids is 1. The fourth-order valence-electron chi connectivity index (χ4n) is 21.5. The van der Waals surface area contributed by atoms with Crippen LogP contribution in [0.5, 0.6) is 57.5 Å². The van der Waals surface area contributed by atoms with Crippen molar-refractivity contribution in [2.75, 3.05) is 92.9 Å². The number of aromatic hydroxyl groups is 2. The van der Waals surface area contributed by atoms with E-state index >= 15 is 4.79 Å². The summed E-state index contributed by atoms with van der Waals surface area (Å²) in [4.78, 5) is 115. The minimum atomic E-state index is -1.50. The van der Waals surface area contributed by atoms with Gasteiger partial charge in [-0.15, -0.1) is 23.5 Å². The van der Waals surface area contributed by atoms with E-state index in [-0.39, 0.29) is 95.1 Å². The first-order chi connectivity index (χ1) is 63.7. The number of phenolic OH excluding ortho intramolecular Hbond substituents is 2. The number of ether oxygens (including phenoxy) is 12. The number of nitrogens with zero attached hydrogens (tertiary/aromatic N) is 6. The van der Waals surface area contributed by atoms with Crippen molar-refractivity contribution in [2.45, 2.75) is 184 Å². The fraction of sp³-hybridized carbons (Fsp3) is 0.443. The summed E-state index contributed by atoms with van der Waals surface area (Å²) in [6.07, 6.45) is 6.01. The molecule has 15 atom stereocenters. The molecule has 134 heavy (non-hydrogen) atoms. The number of ketones is 1. The predicted molar refractivity (Wildman–Crippen MR) is 494 cm³/mol. The van der Waals surface area contributed by atoms with E-state index in [1.54, 1.807) is 6.92 Å². The zero-order valence-corrected chi connectivity index (χ0v) is 77.5. The van der Waals surface area contributed by atoms with Gasteiger partial charge in [0.1, 0.15) is 50.0 Å². The number of aromatic amines is 2. The Hall–Kier alpha value is -12.7. The number of alkyl carbamates (subject to hydrolysis) is 2. The average molecular weight is 1880 g/mol. The van der Waals surface area contributed by atoms with Crippen molar-refractivity contribution in [3.05, 3.63) is 175 Å². The van der Waals surface area contributed by atoms with Crippen LogP contribution in [0.3, 0.4) is 0 Å². The molecule has 35 nitrogen and oxygen atoms in total. The smallest absolute Gasteiger partial charge is 0.407 e. The van der Waals surface area contributed by atoms with E-state index < -0.39 is 118 Å². The van der Waals surface area contributed by atoms with Gasteiger partial charge in [0.15, 0.2) is 51.5 Å². The number of esters is 4. The molecule has 2 amide bonds. The summed E-state index contributed by atoms with van der Waals surface area (Å²) in [5.74, 6) is -1.10. The summed E-state index contributed by atoms with van der Waals surface area (Å²) in [5, 5.41) is 63.5. The van der Waals surface area contributed by atoms with Crippen molar-refractivity contribution in [3.63, 3.8) is 0 Å². The molecule has 12 aliphatic rings. The van der Waals surface area contributed by atoms with Crippen LogP contribution in [-0.4, -0.2) is 234 Å². The number of Topliss-reactive ketones (excluding diaryl/α,β-unsaturated/α-hetero) is 1. The van der Waals surface area contributed by atoms with Crippen LogP contribution in [0.1, 0.15) is 158 Å². The second-order valence-electron chi connectivity index (χ2n) is 34.9. The standard InChI is InChI=1S/C47H50N6O10S.C31H31N3O9S.C16H21N3O2.C2H4O2.CH4/c1-8-11-59-46(57)49-17-26-15-28-27-12-21(2)9-10-29(27)50-44(28)47(51-26)19-64-43-35-34(42-41(61-20-62-42)23(4)40(35)63-24(5)54)32(18-60-45(47)56)53-31(16-48)30-14-25-13-22(3)39(58-7)38(55)33(25)36(37(43)53)52(30)6;1-12-6-15-7-16-17(8-32)34-18-9-40-31(38)19(36)10-44-30(24(34)23(33(16)4)20(15)25(37)26(12)39-5)22-21(18)29-28(41-11-42-29)13(2)27(22)43-14(3)35;1-3-6-21-16(20)19-10-13(17)8-12-9-18-15-5-4-11(2)7-14(12)15;1-2(3)4;/h8-10,12-13,26,30-32,36-37,43,50-51,55H,1,11,14-15,17-20H2,2-7H3,(H,49,57);6,16-18,23-24,30,37H,7,9-11H2,1-5H3;3-5,7,9,13,18H,1,6,8,10,17H2,2H3,(H,19,20);1H3,(H,3,4);1H4/t26-,30+,31+,32+,36-,37-,43-,47-;16-,17-,18-,23+,24+,30+;13-;;/m101../s1. The number of carbonyl (C=O) groups is 8. The van der Waals surface area contributed by atoms with Crippen LogP contribution in [0, 0.1) is 64.2 Å². The molecular formula is C97H110N12O23S2. The molecular weight excluding hydrogens is 1770 g/mol. The van der Waals surface area contributed by atoms with E-state index in [2.05, 4.69) is 102 Å². The Labute approximate surface area is 782 Å². The van der Waals surface area contributed by atoms with Gasteiger partial charge in [-0.2, -0.15) is 10.5 Å². The second-order valence-corrected chi connectivity index (χ2v) is 37.2. The lowest BCUT2D eigenvalue weighted by Gasteiger charge is -2.62. The number of carboxylic acid groups (broad SMARTS) is 1. The molecule has 14 heterocycles. The number of carboxylic acids is 1. The number of likely N-dealkylation sites (N-methyl/N-ethyl adjacent to an activating group) is 2. The minimum absolute atomic E-state index is 0. The number of nitrogens with one attached hydrogen (secondary N) is 5. The number of hydrogen-bond donors (Lipinski definition) is 9. The summed E-state index contributed by atoms with van der Waals surface area (Å²) < 4.78 is 70.1. The summed E-state index contributed by atoms with van der Waals surface area (Å²) >= 11 is 2.69. The quantitative estimate of drug-likeness (QED) is 0.0160. The van der Waals surface area contributed by atoms with Crippen molar-refractivity contribution in [1.82, 2.24) is 45.5 Å². The van der Waals surface area contributed by atoms with Gasteiger partial charge in [0.2, 0.25) is 19.4 Å². The average Bonchev–Trinajstić information content (AvgIpc) is 0.979. The molecule has 0 saturated carbocycles. The van der Waals surface area contributed by atoms with Crippen molar-refractivity contribution >= 4 is 93.1 Å². The molecule has 8 bridgehead atoms. The summed E-state index contributed by atoms with van der Waals surface area (Å²) in [5.41, 5.74) is 19.9. The van der Waals surface area contributed by atoms with Crippen LogP contribution < -0.4 is 59.6 Å². The van der Waals surface area contributed by atoms with E-state index in [4.69, 9.17) is 72.5 Å². The van der Waals surface area contributed by atoms with Gasteiger partial charge >= 0.3 is 36.1 Å². The van der Waals surface area contributed by atoms with Crippen LogP contribution in [0.2, 0.25) is 0 Å². The molecule has 4 fully saturated rings. The van der Waals surface area contributed by atoms with Crippen molar-refractivity contribution in [2.24, 2.45) is 5.73 Å². The molecule has 20 rings (SSSR count).